The number of ether oxygens (including phenoxy) is 1. The van der Waals surface area contributed by atoms with Gasteiger partial charge in [-0.2, -0.15) is 0 Å². The van der Waals surface area contributed by atoms with Crippen molar-refractivity contribution in [3.63, 3.8) is 0 Å². The zero-order valence-corrected chi connectivity index (χ0v) is 12.6. The molecule has 1 fully saturated rings. The minimum atomic E-state index is -0.698. The van der Waals surface area contributed by atoms with Gasteiger partial charge in [-0.1, -0.05) is 12.1 Å². The van der Waals surface area contributed by atoms with Crippen LogP contribution in [0.3, 0.4) is 0 Å². The molecule has 3 N–H and O–H groups in total. The predicted molar refractivity (Wildman–Crippen MR) is 81.2 cm³/mol. The molecule has 1 aliphatic heterocycles. The molecule has 1 aromatic carbocycles. The maximum Gasteiger partial charge on any atom is 0.224 e. The van der Waals surface area contributed by atoms with Gasteiger partial charge in [-0.25, -0.2) is 0 Å². The van der Waals surface area contributed by atoms with Gasteiger partial charge in [0, 0.05) is 13.1 Å². The van der Waals surface area contributed by atoms with E-state index in [1.54, 1.807) is 0 Å². The third kappa shape index (κ3) is 4.72. The number of benzene rings is 1. The number of hydrogen-bond acceptors (Lipinski definition) is 4. The zero-order valence-electron chi connectivity index (χ0n) is 12.6. The second-order valence-corrected chi connectivity index (χ2v) is 5.69. The van der Waals surface area contributed by atoms with E-state index in [9.17, 15) is 9.90 Å². The number of amides is 1. The van der Waals surface area contributed by atoms with E-state index in [4.69, 9.17) is 4.74 Å². The van der Waals surface area contributed by atoms with E-state index in [1.807, 2.05) is 38.1 Å². The summed E-state index contributed by atoms with van der Waals surface area (Å²) in [5.41, 5.74) is 0.774. The van der Waals surface area contributed by atoms with Gasteiger partial charge in [0.05, 0.1) is 18.1 Å². The van der Waals surface area contributed by atoms with Crippen LogP contribution in [-0.2, 0) is 4.79 Å². The number of aliphatic hydroxyl groups excluding tert-OH is 1. The van der Waals surface area contributed by atoms with Crippen molar-refractivity contribution in [2.75, 3.05) is 19.6 Å². The molecule has 0 saturated carbocycles. The van der Waals surface area contributed by atoms with E-state index in [2.05, 4.69) is 10.6 Å². The number of carbonyl (C=O) groups is 1. The Hall–Kier alpha value is -1.59. The largest absolute Gasteiger partial charge is 0.491 e. The van der Waals surface area contributed by atoms with Crippen LogP contribution in [0.5, 0.6) is 5.75 Å². The summed E-state index contributed by atoms with van der Waals surface area (Å²) >= 11 is 0. The van der Waals surface area contributed by atoms with E-state index in [0.717, 1.165) is 30.8 Å². The highest BCUT2D eigenvalue weighted by atomic mass is 16.5. The smallest absolute Gasteiger partial charge is 0.224 e. The van der Waals surface area contributed by atoms with E-state index in [1.165, 1.54) is 0 Å². The monoisotopic (exact) mass is 292 g/mol. The first kappa shape index (κ1) is 15.8. The van der Waals surface area contributed by atoms with Crippen molar-refractivity contribution in [2.45, 2.75) is 32.5 Å². The highest BCUT2D eigenvalue weighted by Crippen LogP contribution is 2.18. The first-order valence-corrected chi connectivity index (χ1v) is 7.49. The quantitative estimate of drug-likeness (QED) is 0.737. The molecule has 116 valence electrons. The molecule has 5 nitrogen and oxygen atoms in total. The molecule has 0 radical (unpaired) electrons. The third-order valence-corrected chi connectivity index (χ3v) is 3.54. The Morgan fingerprint density at radius 1 is 1.43 bits per heavy atom. The van der Waals surface area contributed by atoms with Gasteiger partial charge < -0.3 is 20.5 Å². The lowest BCUT2D eigenvalue weighted by molar-refractivity contribution is -0.124. The van der Waals surface area contributed by atoms with Crippen LogP contribution in [0.2, 0.25) is 0 Å². The standard InChI is InChI=1S/C16H24N2O3/c1-11(2)21-14-5-3-12(4-6-14)15(19)10-18-16(20)13-7-8-17-9-13/h3-6,11,13,15,17,19H,7-10H2,1-2H3,(H,18,20). The van der Waals surface area contributed by atoms with Crippen molar-refractivity contribution in [2.24, 2.45) is 5.92 Å². The van der Waals surface area contributed by atoms with E-state index in [0.29, 0.717) is 0 Å². The van der Waals surface area contributed by atoms with Crippen LogP contribution in [0, 0.1) is 5.92 Å². The Kier molecular flexibility index (Phi) is 5.59. The fourth-order valence-electron chi connectivity index (χ4n) is 2.38. The molecule has 1 aromatic rings. The Bertz CT molecular complexity index is 453. The lowest BCUT2D eigenvalue weighted by Gasteiger charge is -2.15. The first-order chi connectivity index (χ1) is 10.1. The second-order valence-electron chi connectivity index (χ2n) is 5.69. The summed E-state index contributed by atoms with van der Waals surface area (Å²) in [5.74, 6) is 0.819. The zero-order chi connectivity index (χ0) is 15.2. The molecular formula is C16H24N2O3. The van der Waals surface area contributed by atoms with Crippen LogP contribution in [0.25, 0.3) is 0 Å². The average molecular weight is 292 g/mol. The number of aliphatic hydroxyl groups is 1. The minimum absolute atomic E-state index is 0.0128. The Labute approximate surface area is 125 Å². The summed E-state index contributed by atoms with van der Waals surface area (Å²) in [6.07, 6.45) is 0.292. The molecule has 2 unspecified atom stereocenters. The summed E-state index contributed by atoms with van der Waals surface area (Å²) in [7, 11) is 0. The highest BCUT2D eigenvalue weighted by Gasteiger charge is 2.22. The maximum absolute atomic E-state index is 11.9. The molecule has 0 aliphatic carbocycles. The molecule has 2 rings (SSSR count). The number of hydrogen-bond donors (Lipinski definition) is 3. The van der Waals surface area contributed by atoms with Crippen LogP contribution in [0.4, 0.5) is 0 Å². The van der Waals surface area contributed by atoms with Crippen molar-refractivity contribution in [1.82, 2.24) is 10.6 Å². The lowest BCUT2D eigenvalue weighted by atomic mass is 10.1. The maximum atomic E-state index is 11.9. The van der Waals surface area contributed by atoms with E-state index in [-0.39, 0.29) is 24.5 Å². The molecule has 1 amide bonds. The fraction of sp³-hybridized carbons (Fsp3) is 0.562. The van der Waals surface area contributed by atoms with Crippen molar-refractivity contribution in [3.05, 3.63) is 29.8 Å². The highest BCUT2D eigenvalue weighted by molar-refractivity contribution is 5.79. The molecule has 2 atom stereocenters. The fourth-order valence-corrected chi connectivity index (χ4v) is 2.38. The first-order valence-electron chi connectivity index (χ1n) is 7.49. The second kappa shape index (κ2) is 7.43. The topological polar surface area (TPSA) is 70.6 Å². The molecule has 21 heavy (non-hydrogen) atoms. The Balaban J connectivity index is 1.82. The summed E-state index contributed by atoms with van der Waals surface area (Å²) in [4.78, 5) is 11.9. The van der Waals surface area contributed by atoms with Gasteiger partial charge in [0.15, 0.2) is 0 Å². The number of rotatable bonds is 6. The molecule has 1 heterocycles. The molecule has 1 aliphatic rings. The van der Waals surface area contributed by atoms with Gasteiger partial charge in [0.1, 0.15) is 5.75 Å². The molecule has 0 aromatic heterocycles. The van der Waals surface area contributed by atoms with Crippen LogP contribution >= 0.6 is 0 Å². The Morgan fingerprint density at radius 2 is 2.14 bits per heavy atom. The summed E-state index contributed by atoms with van der Waals surface area (Å²) < 4.78 is 5.56. The number of carbonyl (C=O) groups excluding carboxylic acids is 1. The summed E-state index contributed by atoms with van der Waals surface area (Å²) in [5, 5.41) is 16.1. The normalized spacial score (nSPS) is 19.5. The third-order valence-electron chi connectivity index (χ3n) is 3.54. The minimum Gasteiger partial charge on any atom is -0.491 e. The summed E-state index contributed by atoms with van der Waals surface area (Å²) in [6.45, 7) is 5.78. The molecule has 5 heteroatoms. The molecule has 1 saturated heterocycles. The van der Waals surface area contributed by atoms with Gasteiger partial charge >= 0.3 is 0 Å². The van der Waals surface area contributed by atoms with Gasteiger partial charge in [0.2, 0.25) is 5.91 Å². The van der Waals surface area contributed by atoms with Crippen LogP contribution in [-0.4, -0.2) is 36.8 Å². The van der Waals surface area contributed by atoms with E-state index < -0.39 is 6.10 Å². The molecule has 0 bridgehead atoms. The lowest BCUT2D eigenvalue weighted by Crippen LogP contribution is -2.34. The van der Waals surface area contributed by atoms with Crippen LogP contribution in [0.15, 0.2) is 24.3 Å². The van der Waals surface area contributed by atoms with Crippen LogP contribution in [0.1, 0.15) is 31.9 Å². The van der Waals surface area contributed by atoms with Gasteiger partial charge in [0.25, 0.3) is 0 Å². The summed E-state index contributed by atoms with van der Waals surface area (Å²) in [6, 6.07) is 7.32. The molecular weight excluding hydrogens is 268 g/mol. The van der Waals surface area contributed by atoms with Gasteiger partial charge in [-0.3, -0.25) is 4.79 Å². The van der Waals surface area contributed by atoms with Crippen molar-refractivity contribution in [1.29, 1.82) is 0 Å². The number of nitrogens with one attached hydrogen (secondary N) is 2. The van der Waals surface area contributed by atoms with Gasteiger partial charge in [-0.15, -0.1) is 0 Å². The Morgan fingerprint density at radius 3 is 2.71 bits per heavy atom. The van der Waals surface area contributed by atoms with E-state index >= 15 is 0 Å². The van der Waals surface area contributed by atoms with Crippen molar-refractivity contribution < 1.29 is 14.6 Å². The van der Waals surface area contributed by atoms with Crippen molar-refractivity contribution >= 4 is 5.91 Å². The predicted octanol–water partition coefficient (Wildman–Crippen LogP) is 1.23. The molecule has 0 spiro atoms. The SMILES string of the molecule is CC(C)Oc1ccc(C(O)CNC(=O)C2CCNC2)cc1. The average Bonchev–Trinajstić information content (AvgIpc) is 2.99. The van der Waals surface area contributed by atoms with Crippen LogP contribution < -0.4 is 15.4 Å². The van der Waals surface area contributed by atoms with Crippen molar-refractivity contribution in [3.8, 4) is 5.75 Å². The van der Waals surface area contributed by atoms with Gasteiger partial charge in [-0.05, 0) is 44.5 Å².